The summed E-state index contributed by atoms with van der Waals surface area (Å²) in [6.07, 6.45) is 5.10. The number of rotatable bonds is 1. The highest BCUT2D eigenvalue weighted by Gasteiger charge is 2.09. The van der Waals surface area contributed by atoms with Gasteiger partial charge in [-0.05, 0) is 10.4 Å². The number of nitrogens with one attached hydrogen (secondary N) is 2. The van der Waals surface area contributed by atoms with Crippen LogP contribution in [0.2, 0.25) is 0 Å². The van der Waals surface area contributed by atoms with Crippen molar-refractivity contribution in [2.75, 3.05) is 0 Å². The van der Waals surface area contributed by atoms with Crippen molar-refractivity contribution in [3.8, 4) is 0 Å². The first-order chi connectivity index (χ1) is 4.97. The molecule has 1 aromatic heterocycles. The highest BCUT2D eigenvalue weighted by atomic mass is 15.6. The van der Waals surface area contributed by atoms with E-state index in [2.05, 4.69) is 26.2 Å². The summed E-state index contributed by atoms with van der Waals surface area (Å²) in [6, 6.07) is 0. The molecule has 0 saturated carbocycles. The van der Waals surface area contributed by atoms with Crippen LogP contribution in [0.3, 0.4) is 0 Å². The zero-order valence-corrected chi connectivity index (χ0v) is 5.10. The number of hydrogen-bond acceptors (Lipinski definition) is 5. The van der Waals surface area contributed by atoms with Gasteiger partial charge in [-0.3, -0.25) is 0 Å². The second kappa shape index (κ2) is 1.98. The van der Waals surface area contributed by atoms with Gasteiger partial charge < -0.3 is 10.6 Å². The lowest BCUT2D eigenvalue weighted by Crippen LogP contribution is -2.28. The summed E-state index contributed by atoms with van der Waals surface area (Å²) in [5.74, 6) is 0. The molecule has 0 saturated heterocycles. The first-order valence-corrected chi connectivity index (χ1v) is 2.86. The molecule has 0 aromatic carbocycles. The molecule has 0 amide bonds. The van der Waals surface area contributed by atoms with E-state index in [0.717, 1.165) is 0 Å². The second-order valence-electron chi connectivity index (χ2n) is 1.86. The Bertz CT molecular complexity index is 218. The normalized spacial score (nSPS) is 16.8. The van der Waals surface area contributed by atoms with Crippen LogP contribution in [0.4, 0.5) is 0 Å². The van der Waals surface area contributed by atoms with Gasteiger partial charge in [-0.15, -0.1) is 5.10 Å². The monoisotopic (exact) mass is 138 g/mol. The van der Waals surface area contributed by atoms with Crippen LogP contribution in [0.1, 0.15) is 6.29 Å². The molecule has 6 nitrogen and oxygen atoms in total. The summed E-state index contributed by atoms with van der Waals surface area (Å²) in [5, 5.41) is 16.6. The lowest BCUT2D eigenvalue weighted by molar-refractivity contribution is 0.387. The molecule has 1 aliphatic rings. The number of aromatic nitrogens is 4. The maximum absolute atomic E-state index is 3.69. The molecular weight excluding hydrogens is 132 g/mol. The molecule has 0 aliphatic carbocycles. The number of nitrogens with zero attached hydrogens (tertiary/aromatic N) is 4. The summed E-state index contributed by atoms with van der Waals surface area (Å²) in [7, 11) is 0. The van der Waals surface area contributed by atoms with Gasteiger partial charge in [0, 0.05) is 12.4 Å². The predicted molar refractivity (Wildman–Crippen MR) is 32.3 cm³/mol. The molecule has 6 heteroatoms. The molecule has 52 valence electrons. The van der Waals surface area contributed by atoms with E-state index < -0.39 is 0 Å². The molecule has 2 N–H and O–H groups in total. The van der Waals surface area contributed by atoms with Gasteiger partial charge in [-0.2, -0.15) is 4.68 Å². The number of hydrogen-bond donors (Lipinski definition) is 2. The smallest absolute Gasteiger partial charge is 0.198 e. The first-order valence-electron chi connectivity index (χ1n) is 2.86. The minimum atomic E-state index is -0.0324. The zero-order valence-electron chi connectivity index (χ0n) is 5.10. The largest absolute Gasteiger partial charge is 0.352 e. The van der Waals surface area contributed by atoms with Crippen LogP contribution in [0.15, 0.2) is 18.7 Å². The van der Waals surface area contributed by atoms with Crippen LogP contribution in [-0.4, -0.2) is 20.2 Å². The Morgan fingerprint density at radius 3 is 2.70 bits per heavy atom. The summed E-state index contributed by atoms with van der Waals surface area (Å²) in [5.41, 5.74) is 0. The van der Waals surface area contributed by atoms with Gasteiger partial charge in [0.1, 0.15) is 6.33 Å². The molecule has 2 heterocycles. The number of tetrazole rings is 1. The molecular formula is C4H6N6. The quantitative estimate of drug-likeness (QED) is 0.510. The lowest BCUT2D eigenvalue weighted by Gasteiger charge is -2.09. The van der Waals surface area contributed by atoms with E-state index in [1.54, 1.807) is 17.1 Å². The SMILES string of the molecule is C1=CNC(n2cnnn2)N1. The van der Waals surface area contributed by atoms with E-state index in [1.165, 1.54) is 6.33 Å². The van der Waals surface area contributed by atoms with Crippen molar-refractivity contribution in [2.24, 2.45) is 0 Å². The first kappa shape index (κ1) is 5.21. The standard InChI is InChI=1S/C4H6N6/c1-2-6-4(5-1)10-3-7-8-9-10/h1-6H. The molecule has 0 spiro atoms. The Balaban J connectivity index is 2.14. The van der Waals surface area contributed by atoms with E-state index in [-0.39, 0.29) is 6.29 Å². The Hall–Kier alpha value is -1.59. The summed E-state index contributed by atoms with van der Waals surface area (Å²) >= 11 is 0. The van der Waals surface area contributed by atoms with E-state index in [1.807, 2.05) is 0 Å². The van der Waals surface area contributed by atoms with Crippen LogP contribution < -0.4 is 10.6 Å². The third kappa shape index (κ3) is 0.697. The highest BCUT2D eigenvalue weighted by molar-refractivity contribution is 4.87. The summed E-state index contributed by atoms with van der Waals surface area (Å²) in [4.78, 5) is 0. The van der Waals surface area contributed by atoms with Gasteiger partial charge in [0.25, 0.3) is 0 Å². The average molecular weight is 138 g/mol. The second-order valence-corrected chi connectivity index (χ2v) is 1.86. The van der Waals surface area contributed by atoms with Crippen LogP contribution in [-0.2, 0) is 0 Å². The van der Waals surface area contributed by atoms with Crippen molar-refractivity contribution in [1.82, 2.24) is 30.8 Å². The zero-order chi connectivity index (χ0) is 6.81. The van der Waals surface area contributed by atoms with Crippen molar-refractivity contribution >= 4 is 0 Å². The Morgan fingerprint density at radius 1 is 1.30 bits per heavy atom. The molecule has 0 bridgehead atoms. The minimum Gasteiger partial charge on any atom is -0.352 e. The fraction of sp³-hybridized carbons (Fsp3) is 0.250. The third-order valence-electron chi connectivity index (χ3n) is 1.22. The van der Waals surface area contributed by atoms with Gasteiger partial charge in [-0.25, -0.2) is 0 Å². The molecule has 2 rings (SSSR count). The van der Waals surface area contributed by atoms with Crippen LogP contribution in [0.5, 0.6) is 0 Å². The van der Waals surface area contributed by atoms with Gasteiger partial charge in [0.15, 0.2) is 6.29 Å². The highest BCUT2D eigenvalue weighted by Crippen LogP contribution is 1.96. The van der Waals surface area contributed by atoms with E-state index >= 15 is 0 Å². The molecule has 0 radical (unpaired) electrons. The Labute approximate surface area is 56.9 Å². The maximum atomic E-state index is 3.69. The molecule has 0 fully saturated rings. The van der Waals surface area contributed by atoms with Crippen molar-refractivity contribution in [1.29, 1.82) is 0 Å². The Kier molecular flexibility index (Phi) is 1.03. The predicted octanol–water partition coefficient (Wildman–Crippen LogP) is -1.21. The fourth-order valence-electron chi connectivity index (χ4n) is 0.766. The van der Waals surface area contributed by atoms with Gasteiger partial charge in [0.05, 0.1) is 0 Å². The summed E-state index contributed by atoms with van der Waals surface area (Å²) in [6.45, 7) is 0. The van der Waals surface area contributed by atoms with E-state index in [4.69, 9.17) is 0 Å². The topological polar surface area (TPSA) is 67.7 Å². The van der Waals surface area contributed by atoms with Crippen molar-refractivity contribution in [3.05, 3.63) is 18.7 Å². The van der Waals surface area contributed by atoms with Gasteiger partial charge in [-0.1, -0.05) is 0 Å². The van der Waals surface area contributed by atoms with Gasteiger partial charge in [0.2, 0.25) is 0 Å². The molecule has 10 heavy (non-hydrogen) atoms. The molecule has 0 unspecified atom stereocenters. The Morgan fingerprint density at radius 2 is 2.10 bits per heavy atom. The summed E-state index contributed by atoms with van der Waals surface area (Å²) < 4.78 is 1.58. The van der Waals surface area contributed by atoms with E-state index in [0.29, 0.717) is 0 Å². The third-order valence-corrected chi connectivity index (χ3v) is 1.22. The molecule has 1 aliphatic heterocycles. The van der Waals surface area contributed by atoms with E-state index in [9.17, 15) is 0 Å². The van der Waals surface area contributed by atoms with Crippen LogP contribution in [0, 0.1) is 0 Å². The van der Waals surface area contributed by atoms with Gasteiger partial charge >= 0.3 is 0 Å². The molecule has 1 aromatic rings. The average Bonchev–Trinajstić information content (AvgIpc) is 2.59. The maximum Gasteiger partial charge on any atom is 0.198 e. The minimum absolute atomic E-state index is 0.0324. The van der Waals surface area contributed by atoms with Crippen molar-refractivity contribution in [3.63, 3.8) is 0 Å². The van der Waals surface area contributed by atoms with Crippen LogP contribution >= 0.6 is 0 Å². The van der Waals surface area contributed by atoms with Crippen molar-refractivity contribution < 1.29 is 0 Å². The molecule has 0 atom stereocenters. The van der Waals surface area contributed by atoms with Crippen molar-refractivity contribution in [2.45, 2.75) is 6.29 Å². The lowest BCUT2D eigenvalue weighted by atomic mass is 10.8. The fourth-order valence-corrected chi connectivity index (χ4v) is 0.766. The van der Waals surface area contributed by atoms with Crippen LogP contribution in [0.25, 0.3) is 0 Å².